The fraction of sp³-hybridized carbons (Fsp3) is 0.923. The summed E-state index contributed by atoms with van der Waals surface area (Å²) in [4.78, 5) is 24.0. The SMILES string of the molecule is NC1([N+](=O)[O-])CCC(=O)N(CC2CCCCC2)CC1O. The minimum Gasteiger partial charge on any atom is -0.382 e. The molecule has 3 N–H and O–H groups in total. The van der Waals surface area contributed by atoms with E-state index in [4.69, 9.17) is 5.73 Å². The van der Waals surface area contributed by atoms with E-state index in [2.05, 4.69) is 0 Å². The van der Waals surface area contributed by atoms with Crippen LogP contribution in [-0.2, 0) is 4.79 Å². The Balaban J connectivity index is 2.03. The van der Waals surface area contributed by atoms with Crippen molar-refractivity contribution in [3.05, 3.63) is 10.1 Å². The smallest absolute Gasteiger partial charge is 0.300 e. The summed E-state index contributed by atoms with van der Waals surface area (Å²) in [6.45, 7) is 0.552. The topological polar surface area (TPSA) is 110 Å². The molecule has 0 aromatic rings. The molecule has 0 spiro atoms. The standard InChI is InChI=1S/C13H23N3O4/c14-13(16(19)20)7-6-12(18)15(9-11(13)17)8-10-4-2-1-3-5-10/h10-11,17H,1-9,14H2. The number of hydrogen-bond donors (Lipinski definition) is 2. The summed E-state index contributed by atoms with van der Waals surface area (Å²) in [5.74, 6) is 0.310. The number of nitro groups is 1. The van der Waals surface area contributed by atoms with Gasteiger partial charge in [-0.15, -0.1) is 0 Å². The van der Waals surface area contributed by atoms with E-state index in [1.807, 2.05) is 0 Å². The van der Waals surface area contributed by atoms with Crippen LogP contribution in [-0.4, -0.2) is 45.7 Å². The molecule has 0 bridgehead atoms. The molecule has 1 saturated heterocycles. The van der Waals surface area contributed by atoms with Crippen LogP contribution >= 0.6 is 0 Å². The van der Waals surface area contributed by atoms with Gasteiger partial charge in [0.2, 0.25) is 5.91 Å². The molecule has 1 saturated carbocycles. The summed E-state index contributed by atoms with van der Waals surface area (Å²) in [5, 5.41) is 21.1. The minimum absolute atomic E-state index is 0.0290. The zero-order valence-electron chi connectivity index (χ0n) is 11.7. The molecular formula is C13H23N3O4. The van der Waals surface area contributed by atoms with E-state index in [-0.39, 0.29) is 25.3 Å². The Morgan fingerprint density at radius 1 is 1.40 bits per heavy atom. The first-order valence-electron chi connectivity index (χ1n) is 7.32. The van der Waals surface area contributed by atoms with Crippen molar-refractivity contribution in [3.8, 4) is 0 Å². The van der Waals surface area contributed by atoms with Gasteiger partial charge in [0.1, 0.15) is 0 Å². The fourth-order valence-electron chi connectivity index (χ4n) is 3.17. The van der Waals surface area contributed by atoms with Gasteiger partial charge >= 0.3 is 5.66 Å². The van der Waals surface area contributed by atoms with Crippen molar-refractivity contribution in [1.29, 1.82) is 0 Å². The Morgan fingerprint density at radius 3 is 2.65 bits per heavy atom. The lowest BCUT2D eigenvalue weighted by Gasteiger charge is -2.30. The van der Waals surface area contributed by atoms with Crippen molar-refractivity contribution in [3.63, 3.8) is 0 Å². The molecule has 2 unspecified atom stereocenters. The van der Waals surface area contributed by atoms with Gasteiger partial charge in [0.25, 0.3) is 0 Å². The molecule has 20 heavy (non-hydrogen) atoms. The maximum absolute atomic E-state index is 12.1. The van der Waals surface area contributed by atoms with Crippen LogP contribution in [0.4, 0.5) is 0 Å². The van der Waals surface area contributed by atoms with Gasteiger partial charge in [-0.25, -0.2) is 0 Å². The van der Waals surface area contributed by atoms with Gasteiger partial charge in [-0.05, 0) is 18.8 Å². The van der Waals surface area contributed by atoms with Crippen LogP contribution in [0.25, 0.3) is 0 Å². The highest BCUT2D eigenvalue weighted by atomic mass is 16.6. The molecule has 7 nitrogen and oxygen atoms in total. The molecule has 1 aliphatic heterocycles. The van der Waals surface area contributed by atoms with Gasteiger partial charge in [-0.1, -0.05) is 19.3 Å². The fourth-order valence-corrected chi connectivity index (χ4v) is 3.17. The zero-order chi connectivity index (χ0) is 14.8. The summed E-state index contributed by atoms with van der Waals surface area (Å²) < 4.78 is 0. The Morgan fingerprint density at radius 2 is 2.05 bits per heavy atom. The van der Waals surface area contributed by atoms with Gasteiger partial charge in [-0.3, -0.25) is 20.6 Å². The molecule has 2 rings (SSSR count). The first-order chi connectivity index (χ1) is 9.43. The first-order valence-corrected chi connectivity index (χ1v) is 7.32. The molecule has 0 aromatic carbocycles. The molecule has 2 aliphatic rings. The van der Waals surface area contributed by atoms with Crippen LogP contribution in [0.15, 0.2) is 0 Å². The van der Waals surface area contributed by atoms with Gasteiger partial charge in [0.15, 0.2) is 6.10 Å². The highest BCUT2D eigenvalue weighted by molar-refractivity contribution is 5.76. The maximum atomic E-state index is 12.1. The Labute approximate surface area is 118 Å². The first kappa shape index (κ1) is 15.2. The number of carbonyl (C=O) groups is 1. The maximum Gasteiger partial charge on any atom is 0.300 e. The Hall–Kier alpha value is -1.21. The second-order valence-corrected chi connectivity index (χ2v) is 6.07. The van der Waals surface area contributed by atoms with Crippen molar-refractivity contribution >= 4 is 5.91 Å². The third-order valence-electron chi connectivity index (χ3n) is 4.61. The van der Waals surface area contributed by atoms with E-state index in [0.29, 0.717) is 12.5 Å². The molecule has 0 aromatic heterocycles. The molecule has 0 radical (unpaired) electrons. The molecule has 2 atom stereocenters. The lowest BCUT2D eigenvalue weighted by Crippen LogP contribution is -2.59. The third kappa shape index (κ3) is 3.09. The van der Waals surface area contributed by atoms with Crippen LogP contribution in [0.2, 0.25) is 0 Å². The number of rotatable bonds is 3. The molecule has 114 valence electrons. The molecule has 7 heteroatoms. The number of nitrogens with zero attached hydrogens (tertiary/aromatic N) is 2. The monoisotopic (exact) mass is 285 g/mol. The summed E-state index contributed by atoms with van der Waals surface area (Å²) in [6, 6.07) is 0. The quantitative estimate of drug-likeness (QED) is 0.445. The zero-order valence-corrected chi connectivity index (χ0v) is 11.7. The summed E-state index contributed by atoms with van der Waals surface area (Å²) in [5.41, 5.74) is 3.77. The highest BCUT2D eigenvalue weighted by Crippen LogP contribution is 2.27. The lowest BCUT2D eigenvalue weighted by atomic mass is 9.89. The largest absolute Gasteiger partial charge is 0.382 e. The van der Waals surface area contributed by atoms with Crippen molar-refractivity contribution in [1.82, 2.24) is 4.90 Å². The van der Waals surface area contributed by atoms with Gasteiger partial charge in [0.05, 0.1) is 6.54 Å². The summed E-state index contributed by atoms with van der Waals surface area (Å²) >= 11 is 0. The average molecular weight is 285 g/mol. The van der Waals surface area contributed by atoms with Crippen molar-refractivity contribution in [2.45, 2.75) is 56.7 Å². The number of likely N-dealkylation sites (tertiary alicyclic amines) is 1. The normalized spacial score (nSPS) is 33.0. The number of hydrogen-bond acceptors (Lipinski definition) is 5. The van der Waals surface area contributed by atoms with E-state index in [0.717, 1.165) is 12.8 Å². The van der Waals surface area contributed by atoms with Gasteiger partial charge in [0, 0.05) is 24.3 Å². The highest BCUT2D eigenvalue weighted by Gasteiger charge is 2.49. The van der Waals surface area contributed by atoms with Crippen LogP contribution in [0.1, 0.15) is 44.9 Å². The van der Waals surface area contributed by atoms with Crippen molar-refractivity contribution in [2.75, 3.05) is 13.1 Å². The van der Waals surface area contributed by atoms with Crippen LogP contribution in [0.5, 0.6) is 0 Å². The summed E-state index contributed by atoms with van der Waals surface area (Å²) in [7, 11) is 0. The summed E-state index contributed by atoms with van der Waals surface area (Å²) in [6.07, 6.45) is 4.36. The Kier molecular flexibility index (Phi) is 4.59. The molecule has 1 aliphatic carbocycles. The van der Waals surface area contributed by atoms with E-state index in [1.165, 1.54) is 19.3 Å². The predicted molar refractivity (Wildman–Crippen MR) is 72.3 cm³/mol. The van der Waals surface area contributed by atoms with E-state index in [9.17, 15) is 20.0 Å². The van der Waals surface area contributed by atoms with Crippen LogP contribution < -0.4 is 5.73 Å². The minimum atomic E-state index is -1.91. The second-order valence-electron chi connectivity index (χ2n) is 6.07. The van der Waals surface area contributed by atoms with Crippen LogP contribution in [0, 0.1) is 16.0 Å². The van der Waals surface area contributed by atoms with Gasteiger partial charge in [-0.2, -0.15) is 0 Å². The molecular weight excluding hydrogens is 262 g/mol. The van der Waals surface area contributed by atoms with E-state index < -0.39 is 16.7 Å². The van der Waals surface area contributed by atoms with Crippen LogP contribution in [0.3, 0.4) is 0 Å². The van der Waals surface area contributed by atoms with E-state index in [1.54, 1.807) is 4.90 Å². The number of amides is 1. The number of β-amino-alcohol motifs (C(OH)–C–C–N with tert-alkyl or cyclic N) is 1. The third-order valence-corrected chi connectivity index (χ3v) is 4.61. The van der Waals surface area contributed by atoms with Crippen molar-refractivity contribution in [2.24, 2.45) is 11.7 Å². The number of aliphatic hydroxyl groups is 1. The van der Waals surface area contributed by atoms with Crippen molar-refractivity contribution < 1.29 is 14.8 Å². The molecule has 1 amide bonds. The molecule has 2 fully saturated rings. The number of aliphatic hydroxyl groups excluding tert-OH is 1. The Bertz CT molecular complexity index is 384. The lowest BCUT2D eigenvalue weighted by molar-refractivity contribution is -0.582. The second kappa shape index (κ2) is 6.05. The number of carbonyl (C=O) groups excluding carboxylic acids is 1. The van der Waals surface area contributed by atoms with E-state index >= 15 is 0 Å². The number of nitrogens with two attached hydrogens (primary N) is 1. The average Bonchev–Trinajstić information content (AvgIpc) is 2.53. The predicted octanol–water partition coefficient (Wildman–Crippen LogP) is 0.482. The van der Waals surface area contributed by atoms with Gasteiger partial charge < -0.3 is 10.0 Å². The molecule has 1 heterocycles.